The number of likely N-dealkylation sites (tertiary alicyclic amines) is 1. The summed E-state index contributed by atoms with van der Waals surface area (Å²) in [6.07, 6.45) is -8.73. The molecule has 21 amide bonds. The molecular formula is C81H126F3N27O27S4. The van der Waals surface area contributed by atoms with E-state index in [1.807, 2.05) is 0 Å². The number of H-pyrrole nitrogens is 1. The number of aliphatic carboxylic acids is 2. The molecule has 1 aromatic heterocycles. The highest BCUT2D eigenvalue weighted by atomic mass is 33.1. The van der Waals surface area contributed by atoms with Gasteiger partial charge in [-0.2, -0.15) is 13.2 Å². The number of halogens is 3. The van der Waals surface area contributed by atoms with Crippen LogP contribution < -0.4 is 114 Å². The maximum atomic E-state index is 15.5. The van der Waals surface area contributed by atoms with Gasteiger partial charge < -0.3 is 154 Å². The predicted octanol–water partition coefficient (Wildman–Crippen LogP) is -10.6. The number of hydrogen-bond acceptors (Lipinski definition) is 32. The molecule has 1 aromatic rings. The molecule has 33 N–H and O–H groups in total. The second kappa shape index (κ2) is 57.5. The number of imidazole rings is 1. The van der Waals surface area contributed by atoms with E-state index in [0.29, 0.717) is 43.2 Å². The third kappa shape index (κ3) is 37.7. The van der Waals surface area contributed by atoms with Crippen LogP contribution in [0.15, 0.2) is 12.5 Å². The number of nitrogens with one attached hydrogen (secondary N) is 17. The van der Waals surface area contributed by atoms with Crippen LogP contribution in [0, 0.1) is 23.2 Å². The van der Waals surface area contributed by atoms with Crippen molar-refractivity contribution >= 4 is 185 Å². The van der Waals surface area contributed by atoms with Crippen LogP contribution in [0.4, 0.5) is 13.2 Å². The highest BCUT2D eigenvalue weighted by Crippen LogP contribution is 2.29. The van der Waals surface area contributed by atoms with Crippen molar-refractivity contribution in [1.29, 1.82) is 5.41 Å². The fourth-order valence-corrected chi connectivity index (χ4v) is 19.7. The van der Waals surface area contributed by atoms with Gasteiger partial charge in [-0.25, -0.2) is 9.78 Å². The zero-order chi connectivity index (χ0) is 107. The highest BCUT2D eigenvalue weighted by Gasteiger charge is 2.48. The summed E-state index contributed by atoms with van der Waals surface area (Å²) in [5.41, 5.74) is 34.4. The van der Waals surface area contributed by atoms with Crippen molar-refractivity contribution < 1.29 is 144 Å². The smallest absolute Gasteiger partial charge is 0.481 e. The van der Waals surface area contributed by atoms with Gasteiger partial charge in [0, 0.05) is 68.2 Å². The lowest BCUT2D eigenvalue weighted by molar-refractivity contribution is -0.192. The summed E-state index contributed by atoms with van der Waals surface area (Å²) in [7, 11) is 2.74. The molecule has 5 saturated heterocycles. The van der Waals surface area contributed by atoms with Gasteiger partial charge in [-0.3, -0.25) is 111 Å². The third-order valence-corrected chi connectivity index (χ3v) is 27.7. The minimum absolute atomic E-state index is 0.0485. The summed E-state index contributed by atoms with van der Waals surface area (Å²) in [6.45, 7) is 8.21. The van der Waals surface area contributed by atoms with E-state index in [9.17, 15) is 110 Å². The number of primary amides is 4. The molecule has 20 unspecified atom stereocenters. The number of aliphatic hydroxyl groups is 2. The molecule has 20 atom stereocenters. The second-order valence-corrected chi connectivity index (χ2v) is 39.7. The van der Waals surface area contributed by atoms with Crippen LogP contribution in [-0.4, -0.2) is 364 Å². The molecule has 0 aromatic carbocycles. The molecule has 5 fully saturated rings. The van der Waals surface area contributed by atoms with Crippen LogP contribution in [-0.2, 0) is 117 Å². The lowest BCUT2D eigenvalue weighted by Gasteiger charge is -2.32. The fourth-order valence-electron chi connectivity index (χ4n) is 15.0. The van der Waals surface area contributed by atoms with Crippen molar-refractivity contribution in [3.63, 3.8) is 0 Å². The van der Waals surface area contributed by atoms with Gasteiger partial charge in [0.15, 0.2) is 5.96 Å². The minimum atomic E-state index is -5.08. The summed E-state index contributed by atoms with van der Waals surface area (Å²) in [5.74, 6) is -33.8. The van der Waals surface area contributed by atoms with Crippen molar-refractivity contribution in [3.8, 4) is 0 Å². The highest BCUT2D eigenvalue weighted by molar-refractivity contribution is 8.77. The zero-order valence-electron chi connectivity index (χ0n) is 78.5. The molecule has 5 aliphatic rings. The molecule has 0 aliphatic carbocycles. The Morgan fingerprint density at radius 2 is 1.01 bits per heavy atom. The summed E-state index contributed by atoms with van der Waals surface area (Å²) in [5, 5.41) is 84.0. The van der Waals surface area contributed by atoms with Crippen molar-refractivity contribution in [2.45, 2.75) is 266 Å². The predicted molar refractivity (Wildman–Crippen MR) is 500 cm³/mol. The molecule has 5 aliphatic heterocycles. The Hall–Kier alpha value is -12.6. The maximum Gasteiger partial charge on any atom is 0.490 e. The number of guanidine groups is 1. The Balaban J connectivity index is 0.00000488. The van der Waals surface area contributed by atoms with E-state index < -0.39 is 343 Å². The van der Waals surface area contributed by atoms with Crippen molar-refractivity contribution in [1.82, 2.24) is 104 Å². The molecule has 0 radical (unpaired) electrons. The summed E-state index contributed by atoms with van der Waals surface area (Å²) in [6, 6.07) is -31.7. The molecule has 0 saturated carbocycles. The number of aromatic amines is 1. The number of aliphatic hydroxyl groups excluding tert-OH is 2. The molecule has 54 nitrogen and oxygen atoms in total. The van der Waals surface area contributed by atoms with Gasteiger partial charge in [-0.1, -0.05) is 91.1 Å². The molecule has 61 heteroatoms. The van der Waals surface area contributed by atoms with Gasteiger partial charge in [-0.15, -0.1) is 0 Å². The normalized spacial score (nSPS) is 26.4. The van der Waals surface area contributed by atoms with E-state index >= 15 is 24.0 Å². The lowest BCUT2D eigenvalue weighted by atomic mass is 9.97. The Morgan fingerprint density at radius 1 is 0.556 bits per heavy atom. The summed E-state index contributed by atoms with van der Waals surface area (Å²) in [4.78, 5) is 334. The van der Waals surface area contributed by atoms with E-state index in [1.54, 1.807) is 6.92 Å². The molecule has 0 spiro atoms. The summed E-state index contributed by atoms with van der Waals surface area (Å²) >= 11 is 0. The fraction of sp³-hybridized carbons (Fsp3) is 0.667. The van der Waals surface area contributed by atoms with E-state index in [-0.39, 0.29) is 95.6 Å². The standard InChI is InChI=1S/C79H125N27O25S4.C2HF3O2/c1-8-36(6)59-74(127)96-46(61(84)114)29-132-133-30-47-66(119)95-45(28-107)65(118)94-43(25-55(83)111)77(130)106-22-12-16-52(106)71(124)100-57(34(2)3)73(126)99-49(32-135-134-31-48(67(120)97-47)98-70(123)51-15-11-21-105(51)78(131)44(26-56(112)113)92-62(115)39(80)13-9-19-88-79(85)86)68(121)103-60(37(7)108)75(128)101-58(35(4)5)72(125)91-41(23-38-27-87-33-89-38)64(117)93-42(24-54(82)110)76(129)104-20-10-14-50(104)69(122)90-40(63(116)102-59)17-18-53(81)109;3-2(4,5)1(6)7/h27,33-37,39-52,57-60,107-108H,8-26,28-32,80H2,1-7H3,(H2,81,109)(H2,82,110)(H2,83,111)(H2,84,114)(H,87,89)(H,90,122)(H,91,125)(H,92,115)(H,93,117)(H,94,118)(H,95,119)(H,96,127)(H,97,120)(H,98,123)(H,99,126)(H,100,124)(H,101,128)(H,102,116)(H,103,121)(H,112,113)(H4,85,86,88);(H,6,7). The number of carbonyl (C=O) groups excluding carboxylic acids is 21. The van der Waals surface area contributed by atoms with Gasteiger partial charge in [-0.05, 0) is 82.5 Å². The average Bonchev–Trinajstić information content (AvgIpc) is 1.60. The van der Waals surface area contributed by atoms with Crippen LogP contribution in [0.3, 0.4) is 0 Å². The SMILES string of the molecule is CCC(C)C1NC(=O)C(CCC(N)=O)NC(=O)C2CCCN2C(=O)C(CC(N)=O)NC(=O)C(Cc2c[nH]cn2)NC(=O)C(C(C)C)NC(=O)C(C(C)O)NC(=O)C2CSSCC(NC(=O)C3CCCN3C(=O)C(CC(=O)O)NC(=O)C(N)CCCNC(=N)N)C(=O)NC(CSSCC(C(N)=O)NC1=O)C(=O)NC(CO)C(=O)NC(CC(N)=O)C(=O)N1CCCC1C(=O)NC(C(C)C)C(=O)N2.O=C(O)C(F)(F)F. The van der Waals surface area contributed by atoms with Gasteiger partial charge in [0.1, 0.15) is 103 Å². The number of fused-ring (bicyclic) bond motifs is 10. The quantitative estimate of drug-likeness (QED) is 0.0168. The monoisotopic (exact) mass is 2090 g/mol. The van der Waals surface area contributed by atoms with Crippen molar-refractivity contribution in [2.24, 2.45) is 52.2 Å². The van der Waals surface area contributed by atoms with E-state index in [1.165, 1.54) is 47.1 Å². The number of alkyl halides is 3. The van der Waals surface area contributed by atoms with Crippen molar-refractivity contribution in [3.05, 3.63) is 18.2 Å². The topological polar surface area (TPSA) is 872 Å². The Bertz CT molecular complexity index is 4730. The van der Waals surface area contributed by atoms with Gasteiger partial charge >= 0.3 is 18.1 Å². The van der Waals surface area contributed by atoms with Gasteiger partial charge in [0.2, 0.25) is 124 Å². The third-order valence-electron chi connectivity index (χ3n) is 22.9. The Labute approximate surface area is 826 Å². The summed E-state index contributed by atoms with van der Waals surface area (Å²) < 4.78 is 31.7. The first-order valence-electron chi connectivity index (χ1n) is 45.0. The number of nitrogens with two attached hydrogens (primary N) is 6. The number of aromatic nitrogens is 2. The molecule has 6 heterocycles. The average molecular weight is 2100 g/mol. The van der Waals surface area contributed by atoms with E-state index in [0.717, 1.165) is 21.6 Å². The maximum absolute atomic E-state index is 15.5. The molecule has 6 rings (SSSR count). The molecule has 792 valence electrons. The first kappa shape index (κ1) is 120. The number of amides is 21. The van der Waals surface area contributed by atoms with Crippen LogP contribution >= 0.6 is 43.2 Å². The molecular weight excluding hydrogens is 1970 g/mol. The van der Waals surface area contributed by atoms with Crippen LogP contribution in [0.2, 0.25) is 0 Å². The van der Waals surface area contributed by atoms with Crippen LogP contribution in [0.1, 0.15) is 144 Å². The number of carboxylic acid groups (broad SMARTS) is 2. The van der Waals surface area contributed by atoms with E-state index in [4.69, 9.17) is 49.7 Å². The molecule has 2 bridgehead atoms. The van der Waals surface area contributed by atoms with Gasteiger partial charge in [0.25, 0.3) is 0 Å². The molecule has 142 heavy (non-hydrogen) atoms. The van der Waals surface area contributed by atoms with Crippen LogP contribution in [0.5, 0.6) is 0 Å². The first-order valence-corrected chi connectivity index (χ1v) is 50.0. The Morgan fingerprint density at radius 3 is 1.51 bits per heavy atom. The lowest BCUT2D eigenvalue weighted by Crippen LogP contribution is -2.63. The largest absolute Gasteiger partial charge is 0.490 e. The second-order valence-electron chi connectivity index (χ2n) is 34.6. The minimum Gasteiger partial charge on any atom is -0.481 e. The number of hydrogen-bond donors (Lipinski definition) is 27. The number of carbonyl (C=O) groups is 23. The number of nitrogens with zero attached hydrogens (tertiary/aromatic N) is 4. The van der Waals surface area contributed by atoms with Crippen molar-refractivity contribution in [2.75, 3.05) is 55.8 Å². The Kier molecular flexibility index (Phi) is 48.5. The first-order chi connectivity index (χ1) is 66.6. The number of carboxylic acids is 2. The van der Waals surface area contributed by atoms with Crippen LogP contribution in [0.25, 0.3) is 0 Å². The zero-order valence-corrected chi connectivity index (χ0v) is 81.8. The number of rotatable bonds is 27. The van der Waals surface area contributed by atoms with E-state index in [2.05, 4.69) is 89.7 Å². The van der Waals surface area contributed by atoms with Gasteiger partial charge in [0.05, 0.1) is 50.0 Å².